The van der Waals surface area contributed by atoms with Crippen molar-refractivity contribution in [3.63, 3.8) is 0 Å². The molecule has 2 N–H and O–H groups in total. The van der Waals surface area contributed by atoms with Crippen LogP contribution in [0.5, 0.6) is 5.75 Å². The van der Waals surface area contributed by atoms with Crippen molar-refractivity contribution in [1.82, 2.24) is 4.98 Å². The lowest BCUT2D eigenvalue weighted by Crippen LogP contribution is -2.22. The van der Waals surface area contributed by atoms with Gasteiger partial charge in [0.25, 0.3) is 11.7 Å². The Hall–Kier alpha value is -3.86. The number of amides is 1. The summed E-state index contributed by atoms with van der Waals surface area (Å²) in [6.45, 7) is 0.425. The molecule has 0 aliphatic carbocycles. The zero-order chi connectivity index (χ0) is 19.3. The Bertz CT molecular complexity index is 1120. The number of H-pyrrole nitrogens is 1. The van der Waals surface area contributed by atoms with Gasteiger partial charge in [0.15, 0.2) is 0 Å². The molecule has 0 spiro atoms. The number of rotatable bonds is 6. The number of para-hydroxylation sites is 1. The summed E-state index contributed by atoms with van der Waals surface area (Å²) in [5.41, 5.74) is 2.71. The van der Waals surface area contributed by atoms with Crippen LogP contribution in [0.1, 0.15) is 15.9 Å². The number of carbonyl (C=O) groups excluding carboxylic acids is 2. The molecule has 0 aliphatic heterocycles. The number of hydrogen-bond acceptors (Lipinski definition) is 3. The first kappa shape index (κ1) is 17.5. The molecule has 4 aromatic rings. The molecule has 0 saturated carbocycles. The third-order valence-electron chi connectivity index (χ3n) is 4.38. The van der Waals surface area contributed by atoms with Crippen LogP contribution in [0.15, 0.2) is 85.1 Å². The van der Waals surface area contributed by atoms with Crippen LogP contribution in [0, 0.1) is 0 Å². The van der Waals surface area contributed by atoms with E-state index in [0.717, 1.165) is 11.1 Å². The van der Waals surface area contributed by atoms with Crippen molar-refractivity contribution >= 4 is 28.3 Å². The standard InChI is InChI=1S/C23H18N2O3/c26-22(23(27)25-17-9-5-2-6-10-17)20-14-24-21-12-11-18(13-19(20)21)28-15-16-7-3-1-4-8-16/h1-14,24H,15H2,(H,25,27). The molecule has 0 saturated heterocycles. The van der Waals surface area contributed by atoms with E-state index < -0.39 is 11.7 Å². The maximum absolute atomic E-state index is 12.6. The molecule has 0 bridgehead atoms. The predicted molar refractivity (Wildman–Crippen MR) is 108 cm³/mol. The van der Waals surface area contributed by atoms with Gasteiger partial charge in [-0.05, 0) is 35.9 Å². The predicted octanol–water partition coefficient (Wildman–Crippen LogP) is 4.57. The molecule has 0 unspecified atom stereocenters. The SMILES string of the molecule is O=C(Nc1ccccc1)C(=O)c1c[nH]c2ccc(OCc3ccccc3)cc12. The Morgan fingerprint density at radius 1 is 0.893 bits per heavy atom. The van der Waals surface area contributed by atoms with Gasteiger partial charge in [-0.3, -0.25) is 9.59 Å². The maximum Gasteiger partial charge on any atom is 0.296 e. The first-order chi connectivity index (χ1) is 13.7. The highest BCUT2D eigenvalue weighted by Gasteiger charge is 2.20. The van der Waals surface area contributed by atoms with Gasteiger partial charge in [0.2, 0.25) is 0 Å². The second kappa shape index (κ2) is 7.80. The molecule has 1 heterocycles. The molecular formula is C23H18N2O3. The van der Waals surface area contributed by atoms with Crippen LogP contribution in [0.3, 0.4) is 0 Å². The van der Waals surface area contributed by atoms with Crippen LogP contribution in [-0.2, 0) is 11.4 Å². The van der Waals surface area contributed by atoms with Gasteiger partial charge in [-0.1, -0.05) is 48.5 Å². The van der Waals surface area contributed by atoms with E-state index in [-0.39, 0.29) is 0 Å². The van der Waals surface area contributed by atoms with E-state index >= 15 is 0 Å². The number of Topliss-reactive ketones (excluding diaryl/α,β-unsaturated/α-hetero) is 1. The third-order valence-corrected chi connectivity index (χ3v) is 4.38. The zero-order valence-electron chi connectivity index (χ0n) is 15.0. The summed E-state index contributed by atoms with van der Waals surface area (Å²) in [7, 11) is 0. The molecule has 1 amide bonds. The lowest BCUT2D eigenvalue weighted by Gasteiger charge is -2.07. The lowest BCUT2D eigenvalue weighted by molar-refractivity contribution is -0.112. The van der Waals surface area contributed by atoms with E-state index in [2.05, 4.69) is 10.3 Å². The van der Waals surface area contributed by atoms with Gasteiger partial charge in [-0.2, -0.15) is 0 Å². The van der Waals surface area contributed by atoms with E-state index in [1.165, 1.54) is 0 Å². The quantitative estimate of drug-likeness (QED) is 0.386. The van der Waals surface area contributed by atoms with Gasteiger partial charge < -0.3 is 15.0 Å². The normalized spacial score (nSPS) is 10.6. The van der Waals surface area contributed by atoms with Crippen LogP contribution in [0.4, 0.5) is 5.69 Å². The fraction of sp³-hybridized carbons (Fsp3) is 0.0435. The molecule has 1 aromatic heterocycles. The number of aromatic nitrogens is 1. The van der Waals surface area contributed by atoms with Crippen molar-refractivity contribution in [2.24, 2.45) is 0 Å². The minimum absolute atomic E-state index is 0.314. The van der Waals surface area contributed by atoms with E-state index in [4.69, 9.17) is 4.74 Å². The van der Waals surface area contributed by atoms with Crippen LogP contribution < -0.4 is 10.1 Å². The van der Waals surface area contributed by atoms with E-state index in [0.29, 0.717) is 29.0 Å². The van der Waals surface area contributed by atoms with Gasteiger partial charge in [0.1, 0.15) is 12.4 Å². The number of anilines is 1. The second-order valence-electron chi connectivity index (χ2n) is 6.33. The Morgan fingerprint density at radius 2 is 1.61 bits per heavy atom. The average molecular weight is 370 g/mol. The molecule has 28 heavy (non-hydrogen) atoms. The molecule has 0 aliphatic rings. The molecule has 4 rings (SSSR count). The smallest absolute Gasteiger partial charge is 0.296 e. The summed E-state index contributed by atoms with van der Waals surface area (Å²) < 4.78 is 5.83. The van der Waals surface area contributed by atoms with Gasteiger partial charge in [-0.15, -0.1) is 0 Å². The summed E-state index contributed by atoms with van der Waals surface area (Å²) in [6, 6.07) is 24.2. The van der Waals surface area contributed by atoms with Gasteiger partial charge >= 0.3 is 0 Å². The first-order valence-electron chi connectivity index (χ1n) is 8.89. The van der Waals surface area contributed by atoms with Crippen molar-refractivity contribution < 1.29 is 14.3 Å². The Morgan fingerprint density at radius 3 is 2.36 bits per heavy atom. The fourth-order valence-electron chi connectivity index (χ4n) is 2.95. The van der Waals surface area contributed by atoms with Crippen LogP contribution in [-0.4, -0.2) is 16.7 Å². The maximum atomic E-state index is 12.6. The minimum atomic E-state index is -0.678. The lowest BCUT2D eigenvalue weighted by atomic mass is 10.1. The highest BCUT2D eigenvalue weighted by Crippen LogP contribution is 2.25. The Labute approximate surface area is 162 Å². The molecule has 0 radical (unpaired) electrons. The number of ether oxygens (including phenoxy) is 1. The Balaban J connectivity index is 1.54. The summed E-state index contributed by atoms with van der Waals surface area (Å²) in [6.07, 6.45) is 1.55. The Kier molecular flexibility index (Phi) is 4.89. The largest absolute Gasteiger partial charge is 0.489 e. The number of nitrogens with one attached hydrogen (secondary N) is 2. The van der Waals surface area contributed by atoms with E-state index in [1.54, 1.807) is 36.5 Å². The number of ketones is 1. The number of benzene rings is 3. The van der Waals surface area contributed by atoms with Crippen molar-refractivity contribution in [2.45, 2.75) is 6.61 Å². The monoisotopic (exact) mass is 370 g/mol. The molecule has 5 heteroatoms. The molecule has 5 nitrogen and oxygen atoms in total. The van der Waals surface area contributed by atoms with Crippen molar-refractivity contribution in [3.8, 4) is 5.75 Å². The van der Waals surface area contributed by atoms with E-state index in [1.807, 2.05) is 48.5 Å². The number of fused-ring (bicyclic) bond motifs is 1. The number of carbonyl (C=O) groups is 2. The van der Waals surface area contributed by atoms with Crippen LogP contribution in [0.2, 0.25) is 0 Å². The summed E-state index contributed by atoms with van der Waals surface area (Å²) >= 11 is 0. The summed E-state index contributed by atoms with van der Waals surface area (Å²) in [5.74, 6) is -0.647. The van der Waals surface area contributed by atoms with Crippen LogP contribution in [0.25, 0.3) is 10.9 Å². The van der Waals surface area contributed by atoms with E-state index in [9.17, 15) is 9.59 Å². The van der Waals surface area contributed by atoms with Gasteiger partial charge in [-0.25, -0.2) is 0 Å². The topological polar surface area (TPSA) is 71.2 Å². The molecule has 138 valence electrons. The van der Waals surface area contributed by atoms with Crippen molar-refractivity contribution in [1.29, 1.82) is 0 Å². The third kappa shape index (κ3) is 3.78. The highest BCUT2D eigenvalue weighted by atomic mass is 16.5. The number of hydrogen-bond donors (Lipinski definition) is 2. The fourth-order valence-corrected chi connectivity index (χ4v) is 2.95. The molecular weight excluding hydrogens is 352 g/mol. The highest BCUT2D eigenvalue weighted by molar-refractivity contribution is 6.48. The van der Waals surface area contributed by atoms with Gasteiger partial charge in [0.05, 0.1) is 5.56 Å². The molecule has 0 fully saturated rings. The second-order valence-corrected chi connectivity index (χ2v) is 6.33. The minimum Gasteiger partial charge on any atom is -0.489 e. The van der Waals surface area contributed by atoms with Gasteiger partial charge in [0, 0.05) is 22.8 Å². The van der Waals surface area contributed by atoms with Crippen molar-refractivity contribution in [2.75, 3.05) is 5.32 Å². The first-order valence-corrected chi connectivity index (χ1v) is 8.89. The van der Waals surface area contributed by atoms with Crippen LogP contribution >= 0.6 is 0 Å². The zero-order valence-corrected chi connectivity index (χ0v) is 15.0. The summed E-state index contributed by atoms with van der Waals surface area (Å²) in [4.78, 5) is 28.0. The number of aromatic amines is 1. The molecule has 3 aromatic carbocycles. The van der Waals surface area contributed by atoms with Crippen molar-refractivity contribution in [3.05, 3.63) is 96.2 Å². The molecule has 0 atom stereocenters. The average Bonchev–Trinajstić information content (AvgIpc) is 3.16. The summed E-state index contributed by atoms with van der Waals surface area (Å²) in [5, 5.41) is 3.27.